The molecule has 0 saturated carbocycles. The molecule has 0 heterocycles. The fraction of sp³-hybridized carbons (Fsp3) is 0.866. The summed E-state index contributed by atoms with van der Waals surface area (Å²) in [5, 5.41) is 44.1. The average Bonchev–Trinajstić information content (AvgIpc) is 3.40. The maximum atomic E-state index is 12.6. The van der Waals surface area contributed by atoms with Gasteiger partial charge in [-0.15, -0.1) is 0 Å². The number of rotatable bonds is 60. The van der Waals surface area contributed by atoms with Crippen molar-refractivity contribution in [1.29, 1.82) is 0 Å². The quantitative estimate of drug-likeness (QED) is 0.0308. The van der Waals surface area contributed by atoms with Crippen LogP contribution in [0.15, 0.2) is 48.6 Å². The highest BCUT2D eigenvalue weighted by Crippen LogP contribution is 2.18. The van der Waals surface area contributed by atoms with Crippen LogP contribution in [-0.4, -0.2) is 57.3 Å². The normalized spacial score (nSPS) is 13.9. The zero-order chi connectivity index (χ0) is 53.0. The number of carbonyl (C=O) groups is 1. The van der Waals surface area contributed by atoms with Gasteiger partial charge < -0.3 is 25.7 Å². The van der Waals surface area contributed by atoms with E-state index in [1.165, 1.54) is 257 Å². The van der Waals surface area contributed by atoms with E-state index in [0.717, 1.165) is 51.4 Å². The van der Waals surface area contributed by atoms with Crippen LogP contribution in [0.2, 0.25) is 0 Å². The second-order valence-corrected chi connectivity index (χ2v) is 22.4. The number of unbranched alkanes of at least 4 members (excludes halogenated alkanes) is 43. The molecular formula is C67H127NO5. The third-order valence-electron chi connectivity index (χ3n) is 15.2. The lowest BCUT2D eigenvalue weighted by Gasteiger charge is -2.27. The van der Waals surface area contributed by atoms with Gasteiger partial charge in [0.25, 0.3) is 0 Å². The van der Waals surface area contributed by atoms with Crippen LogP contribution < -0.4 is 5.32 Å². The van der Waals surface area contributed by atoms with E-state index in [2.05, 4.69) is 67.8 Å². The van der Waals surface area contributed by atoms with Crippen LogP contribution in [0.5, 0.6) is 0 Å². The number of nitrogens with one attached hydrogen (secondary N) is 1. The first-order valence-electron chi connectivity index (χ1n) is 32.5. The molecule has 0 bridgehead atoms. The summed E-state index contributed by atoms with van der Waals surface area (Å²) in [6, 6.07) is -1.01. The summed E-state index contributed by atoms with van der Waals surface area (Å²) in [6.07, 6.45) is 79.3. The second-order valence-electron chi connectivity index (χ2n) is 22.4. The van der Waals surface area contributed by atoms with Crippen molar-refractivity contribution in [2.24, 2.45) is 0 Å². The molecule has 430 valence electrons. The summed E-state index contributed by atoms with van der Waals surface area (Å²) in [7, 11) is 0. The molecule has 0 saturated heterocycles. The Bertz CT molecular complexity index is 1200. The summed E-state index contributed by atoms with van der Waals surface area (Å²) in [6.45, 7) is 4.08. The summed E-state index contributed by atoms with van der Waals surface area (Å²) >= 11 is 0. The Balaban J connectivity index is 3.66. The van der Waals surface area contributed by atoms with Crippen LogP contribution in [0, 0.1) is 0 Å². The summed E-state index contributed by atoms with van der Waals surface area (Å²) in [5.41, 5.74) is 0. The van der Waals surface area contributed by atoms with Crippen molar-refractivity contribution in [2.75, 3.05) is 6.61 Å². The van der Waals surface area contributed by atoms with Gasteiger partial charge in [0.1, 0.15) is 12.2 Å². The molecule has 0 radical (unpaired) electrons. The Morgan fingerprint density at radius 2 is 0.575 bits per heavy atom. The van der Waals surface area contributed by atoms with Crippen molar-refractivity contribution >= 4 is 5.91 Å². The first-order valence-corrected chi connectivity index (χ1v) is 32.5. The molecule has 0 spiro atoms. The number of aliphatic hydroxyl groups is 4. The zero-order valence-corrected chi connectivity index (χ0v) is 48.9. The molecule has 0 aromatic carbocycles. The van der Waals surface area contributed by atoms with Crippen molar-refractivity contribution in [3.63, 3.8) is 0 Å². The van der Waals surface area contributed by atoms with Crippen molar-refractivity contribution in [3.05, 3.63) is 48.6 Å². The van der Waals surface area contributed by atoms with Crippen LogP contribution in [0.25, 0.3) is 0 Å². The van der Waals surface area contributed by atoms with Crippen LogP contribution in [0.4, 0.5) is 0 Å². The van der Waals surface area contributed by atoms with E-state index < -0.39 is 36.9 Å². The lowest BCUT2D eigenvalue weighted by atomic mass is 10.00. The molecule has 4 unspecified atom stereocenters. The lowest BCUT2D eigenvalue weighted by molar-refractivity contribution is -0.132. The molecule has 0 fully saturated rings. The Kier molecular flexibility index (Phi) is 59.7. The molecular weight excluding hydrogens is 899 g/mol. The monoisotopic (exact) mass is 1030 g/mol. The van der Waals surface area contributed by atoms with Gasteiger partial charge in [0.15, 0.2) is 0 Å². The van der Waals surface area contributed by atoms with Gasteiger partial charge >= 0.3 is 0 Å². The second kappa shape index (κ2) is 61.1. The topological polar surface area (TPSA) is 110 Å². The molecule has 1 amide bonds. The zero-order valence-electron chi connectivity index (χ0n) is 48.9. The maximum absolute atomic E-state index is 12.6. The molecule has 0 aliphatic rings. The Labute approximate surface area is 455 Å². The highest BCUT2D eigenvalue weighted by Gasteiger charge is 2.28. The average molecular weight is 1030 g/mol. The standard InChI is InChI=1S/C67H127NO5/c1-3-5-7-9-11-13-15-17-19-21-23-25-27-29-31-32-33-35-36-38-40-42-44-46-48-50-52-54-56-58-60-64(70)66(72)63(62-69)68-67(73)65(71)61-59-57-55-53-51-49-47-45-43-41-39-37-34-30-28-26-24-22-20-18-16-14-12-10-8-6-4-2/h30,34,36,38,44,46,52,54,63-66,69-72H,3-29,31-33,35,37,39-43,45,47-51,53,55-62H2,1-2H3,(H,68,73)/b34-30-,38-36+,46-44+,54-52+. The molecule has 6 heteroatoms. The molecule has 5 N–H and O–H groups in total. The predicted molar refractivity (Wildman–Crippen MR) is 320 cm³/mol. The minimum atomic E-state index is -1.30. The number of aliphatic hydroxyl groups excluding tert-OH is 4. The van der Waals surface area contributed by atoms with Crippen LogP contribution in [0.1, 0.15) is 341 Å². The molecule has 4 atom stereocenters. The summed E-state index contributed by atoms with van der Waals surface area (Å²) < 4.78 is 0. The van der Waals surface area contributed by atoms with Crippen LogP contribution >= 0.6 is 0 Å². The SMILES string of the molecule is CCCCCCCCCCCCCC/C=C\CCCCCCCCCCCCCC(O)C(=O)NC(CO)C(O)C(O)CCC/C=C/CC/C=C/CC/C=C/CCCCCCCCCCCCCCCCCCC. The third-order valence-corrected chi connectivity index (χ3v) is 15.2. The van der Waals surface area contributed by atoms with E-state index in [-0.39, 0.29) is 0 Å². The highest BCUT2D eigenvalue weighted by atomic mass is 16.3. The van der Waals surface area contributed by atoms with Gasteiger partial charge in [0, 0.05) is 0 Å². The minimum Gasteiger partial charge on any atom is -0.394 e. The van der Waals surface area contributed by atoms with Gasteiger partial charge in [-0.1, -0.05) is 300 Å². The Morgan fingerprint density at radius 3 is 0.863 bits per heavy atom. The molecule has 6 nitrogen and oxygen atoms in total. The predicted octanol–water partition coefficient (Wildman–Crippen LogP) is 19.7. The first kappa shape index (κ1) is 71.3. The van der Waals surface area contributed by atoms with Crippen molar-refractivity contribution in [2.45, 2.75) is 366 Å². The van der Waals surface area contributed by atoms with E-state index in [1.807, 2.05) is 0 Å². The van der Waals surface area contributed by atoms with E-state index in [4.69, 9.17) is 0 Å². The lowest BCUT2D eigenvalue weighted by Crippen LogP contribution is -2.53. The van der Waals surface area contributed by atoms with Gasteiger partial charge in [-0.05, 0) is 89.9 Å². The van der Waals surface area contributed by atoms with Crippen LogP contribution in [0.3, 0.4) is 0 Å². The smallest absolute Gasteiger partial charge is 0.249 e. The fourth-order valence-corrected chi connectivity index (χ4v) is 10.1. The molecule has 73 heavy (non-hydrogen) atoms. The molecule has 0 aliphatic heterocycles. The van der Waals surface area contributed by atoms with Gasteiger partial charge in [-0.25, -0.2) is 0 Å². The van der Waals surface area contributed by atoms with E-state index in [1.54, 1.807) is 0 Å². The Morgan fingerprint density at radius 1 is 0.329 bits per heavy atom. The highest BCUT2D eigenvalue weighted by molar-refractivity contribution is 5.80. The van der Waals surface area contributed by atoms with Crippen molar-refractivity contribution in [3.8, 4) is 0 Å². The molecule has 0 aliphatic carbocycles. The summed E-state index contributed by atoms with van der Waals surface area (Å²) in [5.74, 6) is -0.597. The van der Waals surface area contributed by atoms with Gasteiger partial charge in [0.05, 0.1) is 18.8 Å². The minimum absolute atomic E-state index is 0.357. The van der Waals surface area contributed by atoms with Gasteiger partial charge in [0.2, 0.25) is 5.91 Å². The molecule has 0 aromatic rings. The maximum Gasteiger partial charge on any atom is 0.249 e. The number of allylic oxidation sites excluding steroid dienone is 8. The summed E-state index contributed by atoms with van der Waals surface area (Å²) in [4.78, 5) is 12.6. The van der Waals surface area contributed by atoms with E-state index in [0.29, 0.717) is 19.3 Å². The largest absolute Gasteiger partial charge is 0.394 e. The molecule has 0 rings (SSSR count). The van der Waals surface area contributed by atoms with Gasteiger partial charge in [-0.2, -0.15) is 0 Å². The van der Waals surface area contributed by atoms with Crippen LogP contribution in [-0.2, 0) is 4.79 Å². The van der Waals surface area contributed by atoms with Crippen molar-refractivity contribution < 1.29 is 25.2 Å². The first-order chi connectivity index (χ1) is 36.0. The van der Waals surface area contributed by atoms with Gasteiger partial charge in [-0.3, -0.25) is 4.79 Å². The number of amides is 1. The van der Waals surface area contributed by atoms with E-state index in [9.17, 15) is 25.2 Å². The third kappa shape index (κ3) is 54.9. The number of hydrogen-bond acceptors (Lipinski definition) is 5. The Hall–Kier alpha value is -1.73. The fourth-order valence-electron chi connectivity index (χ4n) is 10.1. The number of carbonyl (C=O) groups excluding carboxylic acids is 1. The van der Waals surface area contributed by atoms with Crippen molar-refractivity contribution in [1.82, 2.24) is 5.32 Å². The van der Waals surface area contributed by atoms with E-state index >= 15 is 0 Å². The molecule has 0 aromatic heterocycles. The number of hydrogen-bond donors (Lipinski definition) is 5.